The maximum absolute atomic E-state index is 4.84. The summed E-state index contributed by atoms with van der Waals surface area (Å²) < 4.78 is 0. The molecule has 1 saturated heterocycles. The third kappa shape index (κ3) is 3.71. The molecule has 0 aliphatic carbocycles. The molecule has 1 aliphatic rings. The molecule has 0 bridgehead atoms. The van der Waals surface area contributed by atoms with Crippen molar-refractivity contribution in [1.82, 2.24) is 9.97 Å². The van der Waals surface area contributed by atoms with Crippen LogP contribution in [0.15, 0.2) is 91.1 Å². The van der Waals surface area contributed by atoms with Crippen LogP contribution in [0.25, 0.3) is 11.0 Å². The number of nitrogens with zero attached hydrogens (tertiary/aromatic N) is 3. The molecule has 1 N–H and O–H groups in total. The molecule has 29 heavy (non-hydrogen) atoms. The van der Waals surface area contributed by atoms with Crippen molar-refractivity contribution in [3.05, 3.63) is 102 Å². The summed E-state index contributed by atoms with van der Waals surface area (Å²) in [5, 5.41) is 0. The molecule has 0 amide bonds. The molecule has 5 rings (SSSR count). The summed E-state index contributed by atoms with van der Waals surface area (Å²) in [7, 11) is 0. The highest BCUT2D eigenvalue weighted by molar-refractivity contribution is 5.75. The van der Waals surface area contributed by atoms with Crippen molar-refractivity contribution >= 4 is 16.9 Å². The molecular formula is C25H25N4+. The Hall–Kier alpha value is -3.24. The summed E-state index contributed by atoms with van der Waals surface area (Å²) in [4.78, 5) is 13.4. The van der Waals surface area contributed by atoms with E-state index < -0.39 is 0 Å². The smallest absolute Gasteiger partial charge is 0.148 e. The van der Waals surface area contributed by atoms with Gasteiger partial charge in [-0.1, -0.05) is 72.8 Å². The third-order valence-corrected chi connectivity index (χ3v) is 5.84. The van der Waals surface area contributed by atoms with Crippen LogP contribution in [-0.2, 0) is 0 Å². The first-order valence-corrected chi connectivity index (χ1v) is 10.3. The van der Waals surface area contributed by atoms with Crippen molar-refractivity contribution in [2.75, 3.05) is 31.1 Å². The van der Waals surface area contributed by atoms with E-state index in [2.05, 4.69) is 70.5 Å². The zero-order valence-corrected chi connectivity index (χ0v) is 16.4. The first kappa shape index (κ1) is 17.8. The molecule has 4 nitrogen and oxygen atoms in total. The van der Waals surface area contributed by atoms with Gasteiger partial charge in [-0.3, -0.25) is 4.98 Å². The predicted molar refractivity (Wildman–Crippen MR) is 117 cm³/mol. The van der Waals surface area contributed by atoms with Crippen LogP contribution >= 0.6 is 0 Å². The van der Waals surface area contributed by atoms with Gasteiger partial charge < -0.3 is 9.80 Å². The summed E-state index contributed by atoms with van der Waals surface area (Å²) in [6, 6.07) is 30.2. The van der Waals surface area contributed by atoms with E-state index in [9.17, 15) is 0 Å². The fourth-order valence-electron chi connectivity index (χ4n) is 4.37. The summed E-state index contributed by atoms with van der Waals surface area (Å²) in [5.74, 6) is 0.985. The second-order valence-corrected chi connectivity index (χ2v) is 7.62. The number of quaternary nitrogens is 1. The van der Waals surface area contributed by atoms with E-state index in [4.69, 9.17) is 4.98 Å². The number of aromatic nitrogens is 2. The Kier molecular flexibility index (Phi) is 4.93. The number of rotatable bonds is 4. The highest BCUT2D eigenvalue weighted by Crippen LogP contribution is 2.20. The van der Waals surface area contributed by atoms with Crippen molar-refractivity contribution in [2.24, 2.45) is 0 Å². The van der Waals surface area contributed by atoms with Gasteiger partial charge in [-0.2, -0.15) is 0 Å². The Morgan fingerprint density at radius 2 is 1.24 bits per heavy atom. The Bertz CT molecular complexity index is 1030. The normalized spacial score (nSPS) is 15.1. The highest BCUT2D eigenvalue weighted by atomic mass is 15.3. The van der Waals surface area contributed by atoms with Gasteiger partial charge in [0.2, 0.25) is 0 Å². The van der Waals surface area contributed by atoms with Gasteiger partial charge in [0, 0.05) is 11.1 Å². The third-order valence-electron chi connectivity index (χ3n) is 5.84. The SMILES string of the molecule is c1ccc(C(c2ccccc2)[NH+]2CCN(c3cnc4ccccc4n3)CC2)cc1. The van der Waals surface area contributed by atoms with Crippen LogP contribution in [0.1, 0.15) is 17.2 Å². The lowest BCUT2D eigenvalue weighted by Crippen LogP contribution is -3.15. The van der Waals surface area contributed by atoms with E-state index in [0.29, 0.717) is 6.04 Å². The Morgan fingerprint density at radius 1 is 0.690 bits per heavy atom. The molecular weight excluding hydrogens is 356 g/mol. The Morgan fingerprint density at radius 3 is 1.86 bits per heavy atom. The zero-order valence-electron chi connectivity index (χ0n) is 16.4. The first-order chi connectivity index (χ1) is 14.4. The van der Waals surface area contributed by atoms with E-state index in [-0.39, 0.29) is 0 Å². The van der Waals surface area contributed by atoms with Gasteiger partial charge in [-0.05, 0) is 12.1 Å². The molecule has 0 unspecified atom stereocenters. The molecule has 4 heteroatoms. The molecule has 3 aromatic carbocycles. The van der Waals surface area contributed by atoms with Gasteiger partial charge in [0.05, 0.1) is 43.4 Å². The molecule has 2 heterocycles. The van der Waals surface area contributed by atoms with Crippen LogP contribution in [0, 0.1) is 0 Å². The predicted octanol–water partition coefficient (Wildman–Crippen LogP) is 3.12. The van der Waals surface area contributed by atoms with Gasteiger partial charge >= 0.3 is 0 Å². The maximum Gasteiger partial charge on any atom is 0.148 e. The van der Waals surface area contributed by atoms with E-state index in [1.165, 1.54) is 11.1 Å². The van der Waals surface area contributed by atoms with Gasteiger partial charge in [0.15, 0.2) is 0 Å². The fourth-order valence-corrected chi connectivity index (χ4v) is 4.37. The first-order valence-electron chi connectivity index (χ1n) is 10.3. The summed E-state index contributed by atoms with van der Waals surface area (Å²) in [6.45, 7) is 4.11. The van der Waals surface area contributed by atoms with Gasteiger partial charge in [0.25, 0.3) is 0 Å². The van der Waals surface area contributed by atoms with Crippen molar-refractivity contribution < 1.29 is 4.90 Å². The Labute approximate surface area is 171 Å². The van der Waals surface area contributed by atoms with E-state index in [1.54, 1.807) is 4.90 Å². The number of hydrogen-bond acceptors (Lipinski definition) is 3. The lowest BCUT2D eigenvalue weighted by atomic mass is 9.96. The lowest BCUT2D eigenvalue weighted by Gasteiger charge is -2.37. The zero-order chi connectivity index (χ0) is 19.5. The monoisotopic (exact) mass is 381 g/mol. The van der Waals surface area contributed by atoms with Crippen LogP contribution in [0.2, 0.25) is 0 Å². The minimum atomic E-state index is 0.363. The van der Waals surface area contributed by atoms with Gasteiger partial charge in [-0.25, -0.2) is 4.98 Å². The van der Waals surface area contributed by atoms with Crippen molar-refractivity contribution in [1.29, 1.82) is 0 Å². The topological polar surface area (TPSA) is 33.5 Å². The number of anilines is 1. The molecule has 1 aliphatic heterocycles. The number of hydrogen-bond donors (Lipinski definition) is 1. The maximum atomic E-state index is 4.84. The van der Waals surface area contributed by atoms with Crippen LogP contribution < -0.4 is 9.80 Å². The molecule has 1 aromatic heterocycles. The minimum Gasteiger partial charge on any atom is -0.344 e. The second-order valence-electron chi connectivity index (χ2n) is 7.62. The summed E-state index contributed by atoms with van der Waals surface area (Å²) >= 11 is 0. The molecule has 0 spiro atoms. The van der Waals surface area contributed by atoms with Crippen molar-refractivity contribution in [3.63, 3.8) is 0 Å². The van der Waals surface area contributed by atoms with E-state index in [0.717, 1.165) is 43.0 Å². The molecule has 144 valence electrons. The number of nitrogens with one attached hydrogen (secondary N) is 1. The number of piperazine rings is 1. The lowest BCUT2D eigenvalue weighted by molar-refractivity contribution is -0.926. The largest absolute Gasteiger partial charge is 0.344 e. The summed E-state index contributed by atoms with van der Waals surface area (Å²) in [5.41, 5.74) is 4.68. The highest BCUT2D eigenvalue weighted by Gasteiger charge is 2.30. The van der Waals surface area contributed by atoms with Crippen molar-refractivity contribution in [2.45, 2.75) is 6.04 Å². The Balaban J connectivity index is 1.37. The van der Waals surface area contributed by atoms with E-state index >= 15 is 0 Å². The van der Waals surface area contributed by atoms with Gasteiger partial charge in [-0.15, -0.1) is 0 Å². The van der Waals surface area contributed by atoms with Crippen LogP contribution in [-0.4, -0.2) is 36.1 Å². The summed E-state index contributed by atoms with van der Waals surface area (Å²) in [6.07, 6.45) is 1.92. The molecule has 0 atom stereocenters. The van der Waals surface area contributed by atoms with Crippen LogP contribution in [0.4, 0.5) is 5.82 Å². The quantitative estimate of drug-likeness (QED) is 0.590. The van der Waals surface area contributed by atoms with Gasteiger partial charge in [0.1, 0.15) is 11.9 Å². The average Bonchev–Trinajstić information content (AvgIpc) is 2.81. The minimum absolute atomic E-state index is 0.363. The standard InChI is InChI=1S/C25H24N4/c1-3-9-20(10-4-1)25(21-11-5-2-6-12-21)29-17-15-28(16-18-29)24-19-26-22-13-7-8-14-23(22)27-24/h1-14,19,25H,15-18H2/p+1. The molecule has 4 aromatic rings. The number of fused-ring (bicyclic) bond motifs is 1. The molecule has 0 radical (unpaired) electrons. The van der Waals surface area contributed by atoms with Crippen molar-refractivity contribution in [3.8, 4) is 0 Å². The van der Waals surface area contributed by atoms with Crippen LogP contribution in [0.3, 0.4) is 0 Å². The number of para-hydroxylation sites is 2. The van der Waals surface area contributed by atoms with Crippen LogP contribution in [0.5, 0.6) is 0 Å². The second kappa shape index (κ2) is 8.02. The molecule has 0 saturated carbocycles. The van der Waals surface area contributed by atoms with E-state index in [1.807, 2.05) is 30.5 Å². The average molecular weight is 382 g/mol. The molecule has 1 fully saturated rings. The number of benzene rings is 3. The fraction of sp³-hybridized carbons (Fsp3) is 0.200.